The first kappa shape index (κ1) is 8.81. The molecule has 0 radical (unpaired) electrons. The van der Waals surface area contributed by atoms with Crippen molar-refractivity contribution in [2.45, 2.75) is 6.92 Å². The number of hydrogen-bond donors (Lipinski definition) is 1. The van der Waals surface area contributed by atoms with Crippen LogP contribution in [0.15, 0.2) is 29.1 Å². The minimum Gasteiger partial charge on any atom is -0.495 e. The third-order valence-corrected chi connectivity index (χ3v) is 2.16. The lowest BCUT2D eigenvalue weighted by atomic mass is 10.1. The van der Waals surface area contributed by atoms with E-state index < -0.39 is 0 Å². The van der Waals surface area contributed by atoms with Gasteiger partial charge in [0.1, 0.15) is 5.75 Å². The molecule has 1 heterocycles. The molecule has 2 aromatic rings. The summed E-state index contributed by atoms with van der Waals surface area (Å²) < 4.78 is 5.19. The molecule has 14 heavy (non-hydrogen) atoms. The second kappa shape index (κ2) is 3.18. The summed E-state index contributed by atoms with van der Waals surface area (Å²) in [5.41, 5.74) is 1.76. The van der Waals surface area contributed by atoms with Crippen LogP contribution in [0.2, 0.25) is 0 Å². The topological polar surface area (TPSA) is 42.1 Å². The van der Waals surface area contributed by atoms with Gasteiger partial charge in [-0.25, -0.2) is 0 Å². The number of fused-ring (bicyclic) bond motifs is 1. The van der Waals surface area contributed by atoms with E-state index in [9.17, 15) is 4.79 Å². The molecule has 1 N–H and O–H groups in total. The number of H-pyrrole nitrogens is 1. The quantitative estimate of drug-likeness (QED) is 0.743. The van der Waals surface area contributed by atoms with Crippen molar-refractivity contribution in [3.63, 3.8) is 0 Å². The van der Waals surface area contributed by atoms with E-state index in [0.717, 1.165) is 16.5 Å². The summed E-state index contributed by atoms with van der Waals surface area (Å²) in [5.74, 6) is 0.706. The zero-order valence-electron chi connectivity index (χ0n) is 8.13. The van der Waals surface area contributed by atoms with Gasteiger partial charge in [-0.3, -0.25) is 4.79 Å². The Morgan fingerprint density at radius 3 is 2.79 bits per heavy atom. The van der Waals surface area contributed by atoms with Crippen LogP contribution in [0.25, 0.3) is 10.9 Å². The van der Waals surface area contributed by atoms with Crippen LogP contribution in [0.4, 0.5) is 0 Å². The Bertz CT molecular complexity index is 528. The number of pyridine rings is 1. The van der Waals surface area contributed by atoms with Gasteiger partial charge in [-0.05, 0) is 30.7 Å². The van der Waals surface area contributed by atoms with Crippen molar-refractivity contribution in [3.8, 4) is 5.75 Å². The lowest BCUT2D eigenvalue weighted by molar-refractivity contribution is 0.418. The molecule has 0 aliphatic rings. The van der Waals surface area contributed by atoms with E-state index in [1.54, 1.807) is 13.2 Å². The van der Waals surface area contributed by atoms with E-state index in [4.69, 9.17) is 4.74 Å². The van der Waals surface area contributed by atoms with Gasteiger partial charge in [-0.1, -0.05) is 0 Å². The number of aryl methyl sites for hydroxylation is 1. The first-order valence-electron chi connectivity index (χ1n) is 4.38. The lowest BCUT2D eigenvalue weighted by Gasteiger charge is -2.05. The molecule has 0 aliphatic carbocycles. The van der Waals surface area contributed by atoms with Gasteiger partial charge in [-0.2, -0.15) is 0 Å². The fraction of sp³-hybridized carbons (Fsp3) is 0.182. The normalized spacial score (nSPS) is 10.4. The number of ether oxygens (including phenoxy) is 1. The van der Waals surface area contributed by atoms with E-state index in [2.05, 4.69) is 4.98 Å². The highest BCUT2D eigenvalue weighted by Gasteiger charge is 2.02. The summed E-state index contributed by atoms with van der Waals surface area (Å²) >= 11 is 0. The Kier molecular flexibility index (Phi) is 2.00. The van der Waals surface area contributed by atoms with Gasteiger partial charge in [-0.15, -0.1) is 0 Å². The average molecular weight is 189 g/mol. The maximum atomic E-state index is 11.1. The zero-order chi connectivity index (χ0) is 10.1. The molecule has 3 heteroatoms. The Hall–Kier alpha value is -1.77. The largest absolute Gasteiger partial charge is 0.495 e. The smallest absolute Gasteiger partial charge is 0.248 e. The average Bonchev–Trinajstić information content (AvgIpc) is 2.17. The molecule has 0 saturated carbocycles. The number of hydrogen-bond acceptors (Lipinski definition) is 2. The molecule has 1 aromatic carbocycles. The van der Waals surface area contributed by atoms with Gasteiger partial charge in [0, 0.05) is 11.5 Å². The van der Waals surface area contributed by atoms with Crippen molar-refractivity contribution in [3.05, 3.63) is 40.2 Å². The van der Waals surface area contributed by atoms with Crippen LogP contribution in [0.3, 0.4) is 0 Å². The highest BCUT2D eigenvalue weighted by atomic mass is 16.5. The zero-order valence-corrected chi connectivity index (χ0v) is 8.13. The fourth-order valence-electron chi connectivity index (χ4n) is 1.54. The summed E-state index contributed by atoms with van der Waals surface area (Å²) in [6.07, 6.45) is 0. The molecule has 0 fully saturated rings. The maximum Gasteiger partial charge on any atom is 0.248 e. The summed E-state index contributed by atoms with van der Waals surface area (Å²) in [6, 6.07) is 7.22. The van der Waals surface area contributed by atoms with Crippen LogP contribution < -0.4 is 10.3 Å². The third-order valence-electron chi connectivity index (χ3n) is 2.16. The molecule has 0 spiro atoms. The molecule has 3 nitrogen and oxygen atoms in total. The predicted octanol–water partition coefficient (Wildman–Crippen LogP) is 1.85. The van der Waals surface area contributed by atoms with Crippen molar-refractivity contribution >= 4 is 10.9 Å². The standard InChI is InChI=1S/C11H11NO2/c1-7-5-8-3-4-10(13)12-11(8)9(6-7)14-2/h3-6H,1-2H3,(H,12,13). The minimum absolute atomic E-state index is 0.111. The summed E-state index contributed by atoms with van der Waals surface area (Å²) in [4.78, 5) is 13.9. The molecule has 72 valence electrons. The SMILES string of the molecule is COc1cc(C)cc2ccc(=O)[nH]c12. The van der Waals surface area contributed by atoms with Crippen molar-refractivity contribution in [2.75, 3.05) is 7.11 Å². The second-order valence-corrected chi connectivity index (χ2v) is 3.25. The van der Waals surface area contributed by atoms with Crippen molar-refractivity contribution in [1.82, 2.24) is 4.98 Å². The molecule has 0 amide bonds. The van der Waals surface area contributed by atoms with Crippen molar-refractivity contribution in [2.24, 2.45) is 0 Å². The molecule has 0 unspecified atom stereocenters. The maximum absolute atomic E-state index is 11.1. The van der Waals surface area contributed by atoms with Crippen LogP contribution in [0.5, 0.6) is 5.75 Å². The van der Waals surface area contributed by atoms with Crippen LogP contribution in [0.1, 0.15) is 5.56 Å². The van der Waals surface area contributed by atoms with Gasteiger partial charge < -0.3 is 9.72 Å². The van der Waals surface area contributed by atoms with Gasteiger partial charge in [0.15, 0.2) is 0 Å². The molecule has 1 aromatic heterocycles. The van der Waals surface area contributed by atoms with Crippen molar-refractivity contribution < 1.29 is 4.74 Å². The minimum atomic E-state index is -0.111. The van der Waals surface area contributed by atoms with E-state index in [-0.39, 0.29) is 5.56 Å². The summed E-state index contributed by atoms with van der Waals surface area (Å²) in [7, 11) is 1.60. The Morgan fingerprint density at radius 1 is 1.29 bits per heavy atom. The Balaban J connectivity index is 2.88. The van der Waals surface area contributed by atoms with Gasteiger partial charge in [0.05, 0.1) is 12.6 Å². The number of nitrogens with one attached hydrogen (secondary N) is 1. The molecule has 0 atom stereocenters. The Labute approximate surface area is 81.3 Å². The monoisotopic (exact) mass is 189 g/mol. The number of aromatic nitrogens is 1. The Morgan fingerprint density at radius 2 is 2.07 bits per heavy atom. The highest BCUT2D eigenvalue weighted by Crippen LogP contribution is 2.23. The van der Waals surface area contributed by atoms with Gasteiger partial charge >= 0.3 is 0 Å². The van der Waals surface area contributed by atoms with E-state index in [1.165, 1.54) is 6.07 Å². The third kappa shape index (κ3) is 1.37. The summed E-state index contributed by atoms with van der Waals surface area (Å²) in [5, 5.41) is 0.987. The number of methoxy groups -OCH3 is 1. The molecule has 0 bridgehead atoms. The first-order valence-corrected chi connectivity index (χ1v) is 4.38. The molecular weight excluding hydrogens is 178 g/mol. The molecule has 0 saturated heterocycles. The highest BCUT2D eigenvalue weighted by molar-refractivity contribution is 5.85. The van der Waals surface area contributed by atoms with Crippen LogP contribution >= 0.6 is 0 Å². The van der Waals surface area contributed by atoms with Gasteiger partial charge in [0.25, 0.3) is 0 Å². The fourth-order valence-corrected chi connectivity index (χ4v) is 1.54. The van der Waals surface area contributed by atoms with E-state index in [0.29, 0.717) is 5.75 Å². The molecule has 2 rings (SSSR count). The van der Waals surface area contributed by atoms with Crippen LogP contribution in [0, 0.1) is 6.92 Å². The van der Waals surface area contributed by atoms with Crippen LogP contribution in [-0.4, -0.2) is 12.1 Å². The number of aromatic amines is 1. The van der Waals surface area contributed by atoms with Gasteiger partial charge in [0.2, 0.25) is 5.56 Å². The molecule has 0 aliphatic heterocycles. The number of rotatable bonds is 1. The lowest BCUT2D eigenvalue weighted by Crippen LogP contribution is -2.03. The number of benzene rings is 1. The predicted molar refractivity (Wildman–Crippen MR) is 55.9 cm³/mol. The second-order valence-electron chi connectivity index (χ2n) is 3.25. The van der Waals surface area contributed by atoms with E-state index >= 15 is 0 Å². The summed E-state index contributed by atoms with van der Waals surface area (Å²) in [6.45, 7) is 1.99. The first-order chi connectivity index (χ1) is 6.70. The van der Waals surface area contributed by atoms with E-state index in [1.807, 2.05) is 19.1 Å². The van der Waals surface area contributed by atoms with Crippen LogP contribution in [-0.2, 0) is 0 Å². The van der Waals surface area contributed by atoms with Crippen molar-refractivity contribution in [1.29, 1.82) is 0 Å². The molecular formula is C11H11NO2.